The average molecular weight is 526 g/mol. The van der Waals surface area contributed by atoms with Gasteiger partial charge in [-0.1, -0.05) is 23.2 Å². The summed E-state index contributed by atoms with van der Waals surface area (Å²) in [5, 5.41) is 9.24. The molecular formula is C23H20Cl2F3N5O2. The summed E-state index contributed by atoms with van der Waals surface area (Å²) < 4.78 is 41.0. The number of carbonyl (C=O) groups is 2. The van der Waals surface area contributed by atoms with E-state index in [2.05, 4.69) is 20.7 Å². The molecule has 0 saturated heterocycles. The maximum absolute atomic E-state index is 13.4. The molecule has 2 heterocycles. The average Bonchev–Trinajstić information content (AvgIpc) is 3.53. The summed E-state index contributed by atoms with van der Waals surface area (Å²) in [6, 6.07) is 6.35. The Labute approximate surface area is 208 Å². The number of aryl methyl sites for hydroxylation is 1. The van der Waals surface area contributed by atoms with Crippen molar-refractivity contribution in [1.29, 1.82) is 0 Å². The number of halogens is 5. The first-order chi connectivity index (χ1) is 16.5. The Morgan fingerprint density at radius 2 is 1.89 bits per heavy atom. The smallest absolute Gasteiger partial charge is 0.349 e. The Kier molecular flexibility index (Phi) is 6.79. The van der Waals surface area contributed by atoms with Crippen molar-refractivity contribution < 1.29 is 22.8 Å². The topological polar surface area (TPSA) is 88.9 Å². The lowest BCUT2D eigenvalue weighted by molar-refractivity contribution is -0.141. The number of hydrogen-bond donors (Lipinski definition) is 2. The van der Waals surface area contributed by atoms with Gasteiger partial charge in [-0.25, -0.2) is 9.67 Å². The molecule has 1 aliphatic rings. The van der Waals surface area contributed by atoms with E-state index < -0.39 is 29.4 Å². The standard InChI is InChI=1S/C23H20Cl2F3N5O2/c1-11-8-14(24)9-15(21(34)30-12(2)13-5-6-13)19(11)31-22(35)17-10-18(23(26,27)28)32-33(17)20-16(25)4-3-7-29-20/h3-4,7-10,12-13H,5-6H2,1-2H3,(H,30,34)(H,31,35). The SMILES string of the molecule is Cc1cc(Cl)cc(C(=O)NC(C)C2CC2)c1NC(=O)c1cc(C(F)(F)F)nn1-c1ncccc1Cl. The molecule has 3 aromatic rings. The summed E-state index contributed by atoms with van der Waals surface area (Å²) in [7, 11) is 0. The van der Waals surface area contributed by atoms with E-state index in [1.807, 2.05) is 6.92 Å². The van der Waals surface area contributed by atoms with Crippen LogP contribution in [-0.4, -0.2) is 32.6 Å². The number of carbonyl (C=O) groups excluding carboxylic acids is 2. The molecule has 4 rings (SSSR count). The number of benzene rings is 1. The minimum Gasteiger partial charge on any atom is -0.349 e. The molecule has 1 fully saturated rings. The second-order valence-corrected chi connectivity index (χ2v) is 9.18. The van der Waals surface area contributed by atoms with Crippen LogP contribution in [0.1, 0.15) is 51.9 Å². The van der Waals surface area contributed by atoms with E-state index >= 15 is 0 Å². The van der Waals surface area contributed by atoms with Crippen molar-refractivity contribution in [3.8, 4) is 5.82 Å². The molecule has 1 aromatic carbocycles. The lowest BCUT2D eigenvalue weighted by atomic mass is 10.1. The molecule has 0 spiro atoms. The Hall–Kier alpha value is -3.11. The van der Waals surface area contributed by atoms with Crippen LogP contribution < -0.4 is 10.6 Å². The van der Waals surface area contributed by atoms with Crippen molar-refractivity contribution in [2.24, 2.45) is 5.92 Å². The highest BCUT2D eigenvalue weighted by molar-refractivity contribution is 6.32. The first kappa shape index (κ1) is 25.0. The second kappa shape index (κ2) is 9.50. The maximum Gasteiger partial charge on any atom is 0.435 e. The van der Waals surface area contributed by atoms with Gasteiger partial charge in [0.25, 0.3) is 11.8 Å². The van der Waals surface area contributed by atoms with Crippen molar-refractivity contribution in [2.45, 2.75) is 38.9 Å². The number of rotatable bonds is 6. The van der Waals surface area contributed by atoms with Crippen LogP contribution in [0.25, 0.3) is 5.82 Å². The quantitative estimate of drug-likeness (QED) is 0.433. The molecule has 0 aliphatic heterocycles. The molecule has 2 amide bonds. The molecule has 2 aromatic heterocycles. The van der Waals surface area contributed by atoms with Gasteiger partial charge in [0.2, 0.25) is 0 Å². The minimum absolute atomic E-state index is 0.00446. The third-order valence-electron chi connectivity index (χ3n) is 5.64. The van der Waals surface area contributed by atoms with Gasteiger partial charge in [0.05, 0.1) is 16.3 Å². The van der Waals surface area contributed by atoms with Gasteiger partial charge in [0, 0.05) is 23.3 Å². The Balaban J connectivity index is 1.73. The molecule has 1 unspecified atom stereocenters. The van der Waals surface area contributed by atoms with Gasteiger partial charge in [-0.2, -0.15) is 18.3 Å². The number of hydrogen-bond acceptors (Lipinski definition) is 4. The van der Waals surface area contributed by atoms with Gasteiger partial charge in [0.1, 0.15) is 5.69 Å². The fourth-order valence-electron chi connectivity index (χ4n) is 3.64. The molecule has 0 radical (unpaired) electrons. The second-order valence-electron chi connectivity index (χ2n) is 8.33. The maximum atomic E-state index is 13.4. The van der Waals surface area contributed by atoms with Crippen molar-refractivity contribution >= 4 is 40.7 Å². The van der Waals surface area contributed by atoms with Gasteiger partial charge >= 0.3 is 6.18 Å². The fourth-order valence-corrected chi connectivity index (χ4v) is 4.11. The lowest BCUT2D eigenvalue weighted by Gasteiger charge is -2.18. The number of nitrogens with zero attached hydrogens (tertiary/aromatic N) is 3. The number of aromatic nitrogens is 3. The first-order valence-electron chi connectivity index (χ1n) is 10.7. The van der Waals surface area contributed by atoms with E-state index in [4.69, 9.17) is 23.2 Å². The third kappa shape index (κ3) is 5.43. The molecule has 35 heavy (non-hydrogen) atoms. The first-order valence-corrected chi connectivity index (χ1v) is 11.4. The van der Waals surface area contributed by atoms with Crippen molar-refractivity contribution in [2.75, 3.05) is 5.32 Å². The Morgan fingerprint density at radius 1 is 1.17 bits per heavy atom. The number of pyridine rings is 1. The van der Waals surface area contributed by atoms with Gasteiger partial charge < -0.3 is 10.6 Å². The molecule has 1 atom stereocenters. The zero-order chi connectivity index (χ0) is 25.5. The van der Waals surface area contributed by atoms with Crippen LogP contribution in [0.4, 0.5) is 18.9 Å². The molecule has 1 aliphatic carbocycles. The number of alkyl halides is 3. The van der Waals surface area contributed by atoms with E-state index in [0.29, 0.717) is 17.5 Å². The van der Waals surface area contributed by atoms with E-state index in [-0.39, 0.29) is 33.2 Å². The molecule has 1 saturated carbocycles. The Bertz CT molecular complexity index is 1300. The van der Waals surface area contributed by atoms with Crippen LogP contribution in [0.2, 0.25) is 10.0 Å². The number of amides is 2. The highest BCUT2D eigenvalue weighted by Crippen LogP contribution is 2.34. The lowest BCUT2D eigenvalue weighted by Crippen LogP contribution is -2.34. The molecule has 184 valence electrons. The Morgan fingerprint density at radius 3 is 2.51 bits per heavy atom. The van der Waals surface area contributed by atoms with Crippen LogP contribution >= 0.6 is 23.2 Å². The van der Waals surface area contributed by atoms with Crippen molar-refractivity contribution in [3.63, 3.8) is 0 Å². The summed E-state index contributed by atoms with van der Waals surface area (Å²) in [6.07, 6.45) is -1.48. The van der Waals surface area contributed by atoms with E-state index in [0.717, 1.165) is 17.5 Å². The predicted octanol–water partition coefficient (Wildman–Crippen LogP) is 5.68. The van der Waals surface area contributed by atoms with Gasteiger partial charge in [-0.15, -0.1) is 0 Å². The monoisotopic (exact) mass is 525 g/mol. The normalized spacial score (nSPS) is 14.5. The minimum atomic E-state index is -4.82. The van der Waals surface area contributed by atoms with Gasteiger partial charge in [-0.3, -0.25) is 9.59 Å². The molecule has 7 nitrogen and oxygen atoms in total. The van der Waals surface area contributed by atoms with Crippen LogP contribution in [0.5, 0.6) is 0 Å². The zero-order valence-corrected chi connectivity index (χ0v) is 20.1. The molecular weight excluding hydrogens is 506 g/mol. The van der Waals surface area contributed by atoms with Gasteiger partial charge in [-0.05, 0) is 62.4 Å². The molecule has 2 N–H and O–H groups in total. The fraction of sp³-hybridized carbons (Fsp3) is 0.304. The van der Waals surface area contributed by atoms with Crippen molar-refractivity contribution in [1.82, 2.24) is 20.1 Å². The summed E-state index contributed by atoms with van der Waals surface area (Å²) >= 11 is 12.3. The summed E-state index contributed by atoms with van der Waals surface area (Å²) in [6.45, 7) is 3.51. The van der Waals surface area contributed by atoms with Crippen LogP contribution in [-0.2, 0) is 6.18 Å². The highest BCUT2D eigenvalue weighted by Gasteiger charge is 2.37. The largest absolute Gasteiger partial charge is 0.435 e. The molecule has 0 bridgehead atoms. The highest BCUT2D eigenvalue weighted by atomic mass is 35.5. The van der Waals surface area contributed by atoms with E-state index in [9.17, 15) is 22.8 Å². The number of nitrogens with one attached hydrogen (secondary N) is 2. The van der Waals surface area contributed by atoms with Crippen LogP contribution in [0.3, 0.4) is 0 Å². The van der Waals surface area contributed by atoms with E-state index in [1.54, 1.807) is 6.92 Å². The van der Waals surface area contributed by atoms with Crippen LogP contribution in [0.15, 0.2) is 36.5 Å². The number of anilines is 1. The predicted molar refractivity (Wildman–Crippen MR) is 125 cm³/mol. The van der Waals surface area contributed by atoms with Crippen molar-refractivity contribution in [3.05, 3.63) is 69.1 Å². The summed E-state index contributed by atoms with van der Waals surface area (Å²) in [5.41, 5.74) is -1.10. The van der Waals surface area contributed by atoms with Gasteiger partial charge in [0.15, 0.2) is 11.5 Å². The molecule has 12 heteroatoms. The zero-order valence-electron chi connectivity index (χ0n) is 18.6. The summed E-state index contributed by atoms with van der Waals surface area (Å²) in [5.74, 6) is -1.17. The summed E-state index contributed by atoms with van der Waals surface area (Å²) in [4.78, 5) is 30.2. The van der Waals surface area contributed by atoms with E-state index in [1.165, 1.54) is 30.5 Å². The third-order valence-corrected chi connectivity index (χ3v) is 6.16. The van der Waals surface area contributed by atoms with Crippen LogP contribution in [0, 0.1) is 12.8 Å².